The zero-order valence-corrected chi connectivity index (χ0v) is 17.7. The molecule has 3 N–H and O–H groups in total. The van der Waals surface area contributed by atoms with Crippen molar-refractivity contribution in [1.82, 2.24) is 5.32 Å². The Kier molecular flexibility index (Phi) is 8.91. The molecule has 2 rings (SSSR count). The summed E-state index contributed by atoms with van der Waals surface area (Å²) in [5.41, 5.74) is 1.37. The minimum atomic E-state index is -0.895. The predicted molar refractivity (Wildman–Crippen MR) is 113 cm³/mol. The minimum Gasteiger partial charge on any atom is -0.496 e. The van der Waals surface area contributed by atoms with Gasteiger partial charge in [0.15, 0.2) is 0 Å². The number of esters is 1. The molecule has 0 spiro atoms. The first-order valence-electron chi connectivity index (χ1n) is 9.21. The molecule has 0 aliphatic heterocycles. The van der Waals surface area contributed by atoms with Gasteiger partial charge in [0, 0.05) is 12.6 Å². The van der Waals surface area contributed by atoms with E-state index in [0.29, 0.717) is 0 Å². The third-order valence-electron chi connectivity index (χ3n) is 4.25. The van der Waals surface area contributed by atoms with Crippen LogP contribution in [0.25, 0.3) is 0 Å². The molecule has 0 saturated carbocycles. The molecule has 0 saturated heterocycles. The highest BCUT2D eigenvalue weighted by atomic mass is 35.5. The lowest BCUT2D eigenvalue weighted by Gasteiger charge is -2.18. The lowest BCUT2D eigenvalue weighted by Crippen LogP contribution is -2.37. The largest absolute Gasteiger partial charge is 0.496 e. The number of ether oxygens (including phenoxy) is 3. The zero-order chi connectivity index (χ0) is 22.1. The highest BCUT2D eigenvalue weighted by Crippen LogP contribution is 2.31. The van der Waals surface area contributed by atoms with E-state index in [4.69, 9.17) is 21.1 Å². The first kappa shape index (κ1) is 23.5. The van der Waals surface area contributed by atoms with Gasteiger partial charge < -0.3 is 30.0 Å². The van der Waals surface area contributed by atoms with Crippen LogP contribution in [-0.2, 0) is 9.47 Å². The number of aliphatic hydroxyl groups is 1. The molecule has 2 atom stereocenters. The van der Waals surface area contributed by atoms with Gasteiger partial charge in [-0.25, -0.2) is 9.59 Å². The van der Waals surface area contributed by atoms with Gasteiger partial charge in [0.25, 0.3) is 0 Å². The summed E-state index contributed by atoms with van der Waals surface area (Å²) in [6.07, 6.45) is -1.08. The summed E-state index contributed by atoms with van der Waals surface area (Å²) >= 11 is 6.13. The number of anilines is 1. The van der Waals surface area contributed by atoms with E-state index in [1.807, 2.05) is 37.3 Å². The minimum absolute atomic E-state index is 0.0255. The SMILES string of the molecule is COC(=O)c1cc(Cl)c(NC(=O)NC[C@@H](O)CO[C@@H](C)c2ccccc2)cc1OC. The second-order valence-corrected chi connectivity index (χ2v) is 6.81. The van der Waals surface area contributed by atoms with E-state index in [2.05, 4.69) is 15.4 Å². The topological polar surface area (TPSA) is 106 Å². The van der Waals surface area contributed by atoms with Crippen molar-refractivity contribution in [3.63, 3.8) is 0 Å². The molecule has 8 nitrogen and oxygen atoms in total. The second-order valence-electron chi connectivity index (χ2n) is 6.40. The number of nitrogens with one attached hydrogen (secondary N) is 2. The van der Waals surface area contributed by atoms with Gasteiger partial charge in [-0.3, -0.25) is 0 Å². The smallest absolute Gasteiger partial charge is 0.341 e. The van der Waals surface area contributed by atoms with Crippen LogP contribution in [0.3, 0.4) is 0 Å². The Morgan fingerprint density at radius 3 is 2.50 bits per heavy atom. The lowest BCUT2D eigenvalue weighted by atomic mass is 10.1. The number of benzene rings is 2. The van der Waals surface area contributed by atoms with Crippen molar-refractivity contribution in [2.75, 3.05) is 32.7 Å². The predicted octanol–water partition coefficient (Wildman–Crippen LogP) is 3.40. The third kappa shape index (κ3) is 6.62. The van der Waals surface area contributed by atoms with Crippen LogP contribution in [0, 0.1) is 0 Å². The number of rotatable bonds is 9. The first-order valence-corrected chi connectivity index (χ1v) is 9.58. The van der Waals surface area contributed by atoms with Crippen molar-refractivity contribution >= 4 is 29.3 Å². The van der Waals surface area contributed by atoms with Crippen LogP contribution in [0.4, 0.5) is 10.5 Å². The van der Waals surface area contributed by atoms with E-state index >= 15 is 0 Å². The van der Waals surface area contributed by atoms with E-state index in [1.165, 1.54) is 26.4 Å². The maximum absolute atomic E-state index is 12.1. The van der Waals surface area contributed by atoms with Gasteiger partial charge in [0.1, 0.15) is 11.3 Å². The third-order valence-corrected chi connectivity index (χ3v) is 4.56. The summed E-state index contributed by atoms with van der Waals surface area (Å²) < 4.78 is 15.5. The number of aliphatic hydroxyl groups excluding tert-OH is 1. The molecule has 9 heteroatoms. The molecule has 0 bridgehead atoms. The lowest BCUT2D eigenvalue weighted by molar-refractivity contribution is -0.000953. The fourth-order valence-corrected chi connectivity index (χ4v) is 2.81. The molecule has 0 unspecified atom stereocenters. The van der Waals surface area contributed by atoms with E-state index in [1.54, 1.807) is 0 Å². The van der Waals surface area contributed by atoms with Crippen molar-refractivity contribution in [1.29, 1.82) is 0 Å². The van der Waals surface area contributed by atoms with E-state index in [-0.39, 0.29) is 41.3 Å². The van der Waals surface area contributed by atoms with Crippen molar-refractivity contribution in [2.24, 2.45) is 0 Å². The number of halogens is 1. The van der Waals surface area contributed by atoms with Crippen LogP contribution in [0.5, 0.6) is 5.75 Å². The Labute approximate surface area is 180 Å². The molecule has 0 aromatic heterocycles. The van der Waals surface area contributed by atoms with Crippen molar-refractivity contribution < 1.29 is 28.9 Å². The van der Waals surface area contributed by atoms with Crippen LogP contribution < -0.4 is 15.4 Å². The van der Waals surface area contributed by atoms with Crippen molar-refractivity contribution in [3.8, 4) is 5.75 Å². The molecular formula is C21H25ClN2O6. The average molecular weight is 437 g/mol. The van der Waals surface area contributed by atoms with Crippen LogP contribution in [0.15, 0.2) is 42.5 Å². The van der Waals surface area contributed by atoms with Gasteiger partial charge in [-0.15, -0.1) is 0 Å². The molecule has 162 valence electrons. The van der Waals surface area contributed by atoms with Gasteiger partial charge in [-0.05, 0) is 18.6 Å². The van der Waals surface area contributed by atoms with Crippen LogP contribution in [0.2, 0.25) is 5.02 Å². The fraction of sp³-hybridized carbons (Fsp3) is 0.333. The first-order chi connectivity index (χ1) is 14.3. The van der Waals surface area contributed by atoms with Crippen LogP contribution in [0.1, 0.15) is 28.9 Å². The van der Waals surface area contributed by atoms with E-state index in [9.17, 15) is 14.7 Å². The van der Waals surface area contributed by atoms with Gasteiger partial charge in [0.05, 0.1) is 43.7 Å². The quantitative estimate of drug-likeness (QED) is 0.520. The maximum atomic E-state index is 12.1. The molecule has 2 aromatic rings. The number of carbonyl (C=O) groups is 2. The molecule has 0 radical (unpaired) electrons. The summed E-state index contributed by atoms with van der Waals surface area (Å²) in [5.74, 6) is -0.414. The van der Waals surface area contributed by atoms with E-state index in [0.717, 1.165) is 5.56 Å². The summed E-state index contributed by atoms with van der Waals surface area (Å²) in [7, 11) is 2.62. The van der Waals surface area contributed by atoms with E-state index < -0.39 is 18.1 Å². The molecule has 0 aliphatic carbocycles. The molecule has 30 heavy (non-hydrogen) atoms. The maximum Gasteiger partial charge on any atom is 0.341 e. The summed E-state index contributed by atoms with van der Waals surface area (Å²) in [4.78, 5) is 23.9. The Balaban J connectivity index is 1.86. The summed E-state index contributed by atoms with van der Waals surface area (Å²) in [6.45, 7) is 1.91. The fourth-order valence-electron chi connectivity index (χ4n) is 2.60. The highest BCUT2D eigenvalue weighted by Gasteiger charge is 2.18. The van der Waals surface area contributed by atoms with Gasteiger partial charge in [-0.2, -0.15) is 0 Å². The van der Waals surface area contributed by atoms with Crippen LogP contribution in [-0.4, -0.2) is 50.6 Å². The van der Waals surface area contributed by atoms with Crippen molar-refractivity contribution in [2.45, 2.75) is 19.1 Å². The normalized spacial score (nSPS) is 12.6. The molecule has 2 aromatic carbocycles. The van der Waals surface area contributed by atoms with Gasteiger partial charge in [-0.1, -0.05) is 41.9 Å². The summed E-state index contributed by atoms with van der Waals surface area (Å²) in [5, 5.41) is 15.3. The van der Waals surface area contributed by atoms with Crippen molar-refractivity contribution in [3.05, 3.63) is 58.6 Å². The Morgan fingerprint density at radius 2 is 1.87 bits per heavy atom. The summed E-state index contributed by atoms with van der Waals surface area (Å²) in [6, 6.07) is 11.8. The Bertz CT molecular complexity index is 862. The standard InChI is InChI=1S/C21H25ClN2O6/c1-13(14-7-5-4-6-8-14)30-12-15(25)11-23-21(27)24-18-10-19(28-2)16(9-17(18)22)20(26)29-3/h4-10,13,15,25H,11-12H2,1-3H3,(H2,23,24,27)/t13-,15+/m0/s1. The Hall–Kier alpha value is -2.81. The molecular weight excluding hydrogens is 412 g/mol. The monoisotopic (exact) mass is 436 g/mol. The number of methoxy groups -OCH3 is 2. The molecule has 0 fully saturated rings. The number of hydrogen-bond donors (Lipinski definition) is 3. The number of urea groups is 1. The second kappa shape index (κ2) is 11.4. The molecule has 2 amide bonds. The van der Waals surface area contributed by atoms with Gasteiger partial charge >= 0.3 is 12.0 Å². The average Bonchev–Trinajstić information content (AvgIpc) is 2.77. The highest BCUT2D eigenvalue weighted by molar-refractivity contribution is 6.34. The zero-order valence-electron chi connectivity index (χ0n) is 17.0. The number of amides is 2. The number of hydrogen-bond acceptors (Lipinski definition) is 6. The van der Waals surface area contributed by atoms with Gasteiger partial charge in [0.2, 0.25) is 0 Å². The molecule has 0 aliphatic rings. The van der Waals surface area contributed by atoms with Crippen LogP contribution >= 0.6 is 11.6 Å². The number of carbonyl (C=O) groups excluding carboxylic acids is 2. The molecule has 0 heterocycles. The Morgan fingerprint density at radius 1 is 1.17 bits per heavy atom.